The standard InChI is InChI=1S/C18H24N2O3S/c1-17(2,3)24(23)19-15-12-13-6-4-5-7-14(13)18(15)8-10-20(11-9-18)16(21)22/h4-7H,8-12H2,1-3H3,(H,21,22). The molecule has 0 radical (unpaired) electrons. The van der Waals surface area contributed by atoms with E-state index in [9.17, 15) is 14.5 Å². The third kappa shape index (κ3) is 2.93. The summed E-state index contributed by atoms with van der Waals surface area (Å²) in [5, 5.41) is 9.23. The SMILES string of the molecule is CC(C)(C)[S+]([O-])N=C1Cc2ccccc2C12CCN(C(=O)O)CC2. The minimum Gasteiger partial charge on any atom is -0.591 e. The molecule has 6 heteroatoms. The van der Waals surface area contributed by atoms with Gasteiger partial charge in [0.25, 0.3) is 0 Å². The smallest absolute Gasteiger partial charge is 0.407 e. The van der Waals surface area contributed by atoms with Gasteiger partial charge in [0, 0.05) is 24.9 Å². The van der Waals surface area contributed by atoms with Crippen LogP contribution in [0.4, 0.5) is 4.79 Å². The molecule has 1 aliphatic carbocycles. The van der Waals surface area contributed by atoms with Crippen molar-refractivity contribution in [2.24, 2.45) is 4.40 Å². The molecule has 1 aromatic rings. The number of nitrogens with zero attached hydrogens (tertiary/aromatic N) is 2. The molecule has 130 valence electrons. The van der Waals surface area contributed by atoms with Crippen LogP contribution in [0.3, 0.4) is 0 Å². The van der Waals surface area contributed by atoms with Crippen molar-refractivity contribution in [3.63, 3.8) is 0 Å². The summed E-state index contributed by atoms with van der Waals surface area (Å²) >= 11 is -1.30. The Labute approximate surface area is 146 Å². The highest BCUT2D eigenvalue weighted by Crippen LogP contribution is 2.45. The van der Waals surface area contributed by atoms with E-state index in [2.05, 4.69) is 16.5 Å². The first-order valence-electron chi connectivity index (χ1n) is 8.30. The number of amides is 1. The van der Waals surface area contributed by atoms with E-state index in [0.717, 1.165) is 5.71 Å². The number of hydrogen-bond donors (Lipinski definition) is 1. The molecule has 1 fully saturated rings. The van der Waals surface area contributed by atoms with Crippen molar-refractivity contribution in [1.29, 1.82) is 0 Å². The van der Waals surface area contributed by atoms with E-state index in [4.69, 9.17) is 0 Å². The number of benzene rings is 1. The highest BCUT2D eigenvalue weighted by atomic mass is 32.2. The van der Waals surface area contributed by atoms with E-state index in [1.165, 1.54) is 16.0 Å². The molecule has 1 aromatic carbocycles. The molecule has 2 aliphatic rings. The van der Waals surface area contributed by atoms with Crippen LogP contribution in [0.5, 0.6) is 0 Å². The molecule has 1 amide bonds. The summed E-state index contributed by atoms with van der Waals surface area (Å²) in [4.78, 5) is 12.7. The van der Waals surface area contributed by atoms with Gasteiger partial charge in [0.15, 0.2) is 0 Å². The highest BCUT2D eigenvalue weighted by molar-refractivity contribution is 7.91. The predicted molar refractivity (Wildman–Crippen MR) is 96.0 cm³/mol. The molecule has 1 aliphatic heterocycles. The van der Waals surface area contributed by atoms with Crippen molar-refractivity contribution in [1.82, 2.24) is 4.90 Å². The second kappa shape index (κ2) is 6.08. The van der Waals surface area contributed by atoms with E-state index >= 15 is 0 Å². The molecule has 1 unspecified atom stereocenters. The Morgan fingerprint density at radius 1 is 1.29 bits per heavy atom. The molecule has 0 aromatic heterocycles. The van der Waals surface area contributed by atoms with Gasteiger partial charge in [-0.1, -0.05) is 28.7 Å². The maximum absolute atomic E-state index is 12.6. The van der Waals surface area contributed by atoms with Gasteiger partial charge in [-0.2, -0.15) is 0 Å². The molecule has 1 N–H and O–H groups in total. The van der Waals surface area contributed by atoms with Crippen LogP contribution in [0.1, 0.15) is 44.7 Å². The van der Waals surface area contributed by atoms with Crippen LogP contribution < -0.4 is 0 Å². The number of carbonyl (C=O) groups is 1. The van der Waals surface area contributed by atoms with Gasteiger partial charge < -0.3 is 14.6 Å². The Bertz CT molecular complexity index is 673. The first-order valence-corrected chi connectivity index (χ1v) is 9.41. The van der Waals surface area contributed by atoms with Gasteiger partial charge in [-0.05, 0) is 44.7 Å². The van der Waals surface area contributed by atoms with Crippen molar-refractivity contribution < 1.29 is 14.5 Å². The molecular weight excluding hydrogens is 324 g/mol. The third-order valence-corrected chi connectivity index (χ3v) is 6.48. The van der Waals surface area contributed by atoms with Crippen molar-refractivity contribution in [3.05, 3.63) is 35.4 Å². The first-order chi connectivity index (χ1) is 11.2. The Kier molecular flexibility index (Phi) is 4.38. The predicted octanol–water partition coefficient (Wildman–Crippen LogP) is 3.16. The minimum absolute atomic E-state index is 0.260. The largest absolute Gasteiger partial charge is 0.591 e. The van der Waals surface area contributed by atoms with Crippen LogP contribution in [0.2, 0.25) is 0 Å². The van der Waals surface area contributed by atoms with Crippen molar-refractivity contribution in [2.75, 3.05) is 13.1 Å². The molecular formula is C18H24N2O3S. The summed E-state index contributed by atoms with van der Waals surface area (Å²) in [6.07, 6.45) is 1.26. The fourth-order valence-corrected chi connectivity index (χ4v) is 4.35. The fraction of sp³-hybridized carbons (Fsp3) is 0.556. The lowest BCUT2D eigenvalue weighted by molar-refractivity contribution is 0.127. The van der Waals surface area contributed by atoms with Crippen molar-refractivity contribution >= 4 is 23.2 Å². The zero-order valence-electron chi connectivity index (χ0n) is 14.4. The minimum atomic E-state index is -1.30. The monoisotopic (exact) mass is 348 g/mol. The van der Waals surface area contributed by atoms with Gasteiger partial charge >= 0.3 is 6.09 Å². The molecule has 1 heterocycles. The molecule has 5 nitrogen and oxygen atoms in total. The van der Waals surface area contributed by atoms with E-state index in [1.54, 1.807) is 0 Å². The quantitative estimate of drug-likeness (QED) is 0.792. The van der Waals surface area contributed by atoms with Crippen LogP contribution >= 0.6 is 0 Å². The topological polar surface area (TPSA) is 76.0 Å². The number of piperidine rings is 1. The number of likely N-dealkylation sites (tertiary alicyclic amines) is 1. The molecule has 24 heavy (non-hydrogen) atoms. The van der Waals surface area contributed by atoms with Gasteiger partial charge in [-0.15, -0.1) is 0 Å². The second-order valence-electron chi connectivity index (χ2n) is 7.59. The van der Waals surface area contributed by atoms with E-state index in [1.807, 2.05) is 32.9 Å². The lowest BCUT2D eigenvalue weighted by Gasteiger charge is -2.39. The number of hydrogen-bond acceptors (Lipinski definition) is 3. The van der Waals surface area contributed by atoms with Crippen LogP contribution in [0, 0.1) is 0 Å². The average Bonchev–Trinajstić information content (AvgIpc) is 2.81. The van der Waals surface area contributed by atoms with Crippen LogP contribution in [-0.4, -0.2) is 44.2 Å². The number of carboxylic acid groups (broad SMARTS) is 1. The van der Waals surface area contributed by atoms with E-state index < -0.39 is 22.2 Å². The Hall–Kier alpha value is -1.53. The lowest BCUT2D eigenvalue weighted by atomic mass is 9.73. The van der Waals surface area contributed by atoms with Gasteiger partial charge in [-0.25, -0.2) is 4.79 Å². The summed E-state index contributed by atoms with van der Waals surface area (Å²) in [7, 11) is 0. The maximum Gasteiger partial charge on any atom is 0.407 e. The first kappa shape index (κ1) is 17.3. The van der Waals surface area contributed by atoms with Crippen molar-refractivity contribution in [2.45, 2.75) is 50.2 Å². The lowest BCUT2D eigenvalue weighted by Crippen LogP contribution is -2.47. The molecule has 1 spiro atoms. The van der Waals surface area contributed by atoms with E-state index in [0.29, 0.717) is 32.4 Å². The van der Waals surface area contributed by atoms with Gasteiger partial charge in [0.05, 0.1) is 5.71 Å². The van der Waals surface area contributed by atoms with Crippen LogP contribution in [-0.2, 0) is 23.2 Å². The summed E-state index contributed by atoms with van der Waals surface area (Å²) in [6, 6.07) is 8.26. The molecule has 0 bridgehead atoms. The third-order valence-electron chi connectivity index (χ3n) is 5.05. The normalized spacial score (nSPS) is 22.7. The summed E-state index contributed by atoms with van der Waals surface area (Å²) in [5.41, 5.74) is 3.16. The van der Waals surface area contributed by atoms with Gasteiger partial charge in [0.2, 0.25) is 0 Å². The van der Waals surface area contributed by atoms with E-state index in [-0.39, 0.29) is 5.41 Å². The highest BCUT2D eigenvalue weighted by Gasteiger charge is 2.48. The maximum atomic E-state index is 12.6. The van der Waals surface area contributed by atoms with Crippen LogP contribution in [0.25, 0.3) is 0 Å². The second-order valence-corrected chi connectivity index (χ2v) is 9.49. The summed E-state index contributed by atoms with van der Waals surface area (Å²) in [5.74, 6) is 0. The van der Waals surface area contributed by atoms with Crippen LogP contribution in [0.15, 0.2) is 28.7 Å². The zero-order valence-corrected chi connectivity index (χ0v) is 15.2. The average molecular weight is 348 g/mol. The molecule has 1 saturated heterocycles. The Balaban J connectivity index is 1.99. The zero-order chi connectivity index (χ0) is 17.5. The Morgan fingerprint density at radius 2 is 1.92 bits per heavy atom. The number of rotatable bonds is 1. The fourth-order valence-electron chi connectivity index (χ4n) is 3.64. The summed E-state index contributed by atoms with van der Waals surface area (Å²) in [6.45, 7) is 6.76. The summed E-state index contributed by atoms with van der Waals surface area (Å²) < 4.78 is 16.8. The molecule has 1 atom stereocenters. The van der Waals surface area contributed by atoms with Gasteiger partial charge in [0.1, 0.15) is 16.1 Å². The van der Waals surface area contributed by atoms with Crippen molar-refractivity contribution in [3.8, 4) is 0 Å². The molecule has 3 rings (SSSR count). The molecule has 0 saturated carbocycles. The Morgan fingerprint density at radius 3 is 2.50 bits per heavy atom. The van der Waals surface area contributed by atoms with Gasteiger partial charge in [-0.3, -0.25) is 0 Å². The number of fused-ring (bicyclic) bond motifs is 2.